The molecule has 0 saturated heterocycles. The summed E-state index contributed by atoms with van der Waals surface area (Å²) in [5.41, 5.74) is 2.67. The number of thioether (sulfide) groups is 1. The van der Waals surface area contributed by atoms with Gasteiger partial charge in [0.15, 0.2) is 0 Å². The quantitative estimate of drug-likeness (QED) is 0.864. The Balaban J connectivity index is 2.59. The second kappa shape index (κ2) is 5.77. The average Bonchev–Trinajstić information content (AvgIpc) is 2.15. The molecule has 96 valence electrons. The van der Waals surface area contributed by atoms with Crippen molar-refractivity contribution in [2.45, 2.75) is 17.3 Å². The van der Waals surface area contributed by atoms with Crippen LogP contribution in [0.15, 0.2) is 23.1 Å². The minimum atomic E-state index is -4.27. The number of hydrogen-bond donors (Lipinski definition) is 1. The van der Waals surface area contributed by atoms with Gasteiger partial charge in [-0.3, -0.25) is 4.21 Å². The molecule has 0 aliphatic carbocycles. The molecule has 1 rings (SSSR count). The summed E-state index contributed by atoms with van der Waals surface area (Å²) in [6, 6.07) is 4.99. The Morgan fingerprint density at radius 3 is 2.59 bits per heavy atom. The van der Waals surface area contributed by atoms with Gasteiger partial charge in [0.2, 0.25) is 0 Å². The molecule has 1 unspecified atom stereocenters. The zero-order chi connectivity index (χ0) is 13.1. The average molecular weight is 283 g/mol. The Hall–Kier alpha value is -0.690. The first kappa shape index (κ1) is 14.4. The zero-order valence-corrected chi connectivity index (χ0v) is 10.7. The molecule has 2 N–H and O–H groups in total. The molecule has 0 saturated carbocycles. The maximum absolute atomic E-state index is 11.9. The SMILES string of the molecule is Cc1ccc(S(=O)CCSC(F)(F)F)c(N)c1. The Kier molecular flexibility index (Phi) is 4.88. The van der Waals surface area contributed by atoms with Crippen LogP contribution in [0, 0.1) is 6.92 Å². The molecule has 0 fully saturated rings. The lowest BCUT2D eigenvalue weighted by Gasteiger charge is -2.07. The predicted octanol–water partition coefficient (Wildman–Crippen LogP) is 2.94. The summed E-state index contributed by atoms with van der Waals surface area (Å²) in [4.78, 5) is 0.401. The number of rotatable bonds is 4. The Morgan fingerprint density at radius 1 is 1.41 bits per heavy atom. The van der Waals surface area contributed by atoms with Gasteiger partial charge in [-0.2, -0.15) is 13.2 Å². The Morgan fingerprint density at radius 2 is 2.06 bits per heavy atom. The molecule has 0 amide bonds. The van der Waals surface area contributed by atoms with Crippen molar-refractivity contribution in [2.24, 2.45) is 0 Å². The first-order chi connectivity index (χ1) is 7.79. The fourth-order valence-electron chi connectivity index (χ4n) is 1.22. The topological polar surface area (TPSA) is 43.1 Å². The van der Waals surface area contributed by atoms with Crippen molar-refractivity contribution in [2.75, 3.05) is 17.2 Å². The summed E-state index contributed by atoms with van der Waals surface area (Å²) in [5.74, 6) is -0.291. The lowest BCUT2D eigenvalue weighted by molar-refractivity contribution is -0.0326. The van der Waals surface area contributed by atoms with E-state index >= 15 is 0 Å². The van der Waals surface area contributed by atoms with Crippen molar-refractivity contribution in [3.63, 3.8) is 0 Å². The summed E-state index contributed by atoms with van der Waals surface area (Å²) in [7, 11) is -1.48. The highest BCUT2D eigenvalue weighted by Crippen LogP contribution is 2.30. The minimum Gasteiger partial charge on any atom is -0.398 e. The van der Waals surface area contributed by atoms with Gasteiger partial charge in [0.1, 0.15) is 0 Å². The summed E-state index contributed by atoms with van der Waals surface area (Å²) in [6.07, 6.45) is 0. The van der Waals surface area contributed by atoms with E-state index in [4.69, 9.17) is 5.73 Å². The highest BCUT2D eigenvalue weighted by atomic mass is 32.2. The normalized spacial score (nSPS) is 13.6. The number of benzene rings is 1. The maximum Gasteiger partial charge on any atom is 0.441 e. The molecular weight excluding hydrogens is 271 g/mol. The van der Waals surface area contributed by atoms with Gasteiger partial charge in [0.25, 0.3) is 0 Å². The van der Waals surface area contributed by atoms with Gasteiger partial charge in [-0.1, -0.05) is 17.8 Å². The predicted molar refractivity (Wildman–Crippen MR) is 65.4 cm³/mol. The van der Waals surface area contributed by atoms with Crippen LogP contribution in [-0.4, -0.2) is 21.2 Å². The monoisotopic (exact) mass is 283 g/mol. The zero-order valence-electron chi connectivity index (χ0n) is 9.08. The molecule has 7 heteroatoms. The van der Waals surface area contributed by atoms with Gasteiger partial charge in [0, 0.05) is 17.2 Å². The molecular formula is C10H12F3NOS2. The van der Waals surface area contributed by atoms with Gasteiger partial charge in [-0.25, -0.2) is 0 Å². The largest absolute Gasteiger partial charge is 0.441 e. The number of aryl methyl sites for hydroxylation is 1. The van der Waals surface area contributed by atoms with Crippen LogP contribution in [0.2, 0.25) is 0 Å². The van der Waals surface area contributed by atoms with Crippen LogP contribution < -0.4 is 5.73 Å². The number of alkyl halides is 3. The number of nitrogens with two attached hydrogens (primary N) is 1. The van der Waals surface area contributed by atoms with E-state index in [1.54, 1.807) is 18.2 Å². The summed E-state index contributed by atoms with van der Waals surface area (Å²) in [6.45, 7) is 1.84. The molecule has 2 nitrogen and oxygen atoms in total. The van der Waals surface area contributed by atoms with E-state index in [0.717, 1.165) is 5.56 Å². The lowest BCUT2D eigenvalue weighted by atomic mass is 10.2. The van der Waals surface area contributed by atoms with Crippen LogP contribution in [0.4, 0.5) is 18.9 Å². The smallest absolute Gasteiger partial charge is 0.398 e. The van der Waals surface area contributed by atoms with Gasteiger partial charge < -0.3 is 5.73 Å². The van der Waals surface area contributed by atoms with Crippen LogP contribution in [-0.2, 0) is 10.8 Å². The number of anilines is 1. The van der Waals surface area contributed by atoms with Crippen molar-refractivity contribution in [1.82, 2.24) is 0 Å². The molecule has 0 heterocycles. The number of nitrogen functional groups attached to an aromatic ring is 1. The van der Waals surface area contributed by atoms with Crippen LogP contribution in [0.5, 0.6) is 0 Å². The molecule has 1 atom stereocenters. The Labute approximate surface area is 104 Å². The third kappa shape index (κ3) is 4.99. The fraction of sp³-hybridized carbons (Fsp3) is 0.400. The molecule has 0 aliphatic rings. The van der Waals surface area contributed by atoms with Gasteiger partial charge in [-0.15, -0.1) is 0 Å². The highest BCUT2D eigenvalue weighted by molar-refractivity contribution is 8.00. The molecule has 0 aromatic heterocycles. The standard InChI is InChI=1S/C10H12F3NOS2/c1-7-2-3-9(8(14)6-7)17(15)5-4-16-10(11,12)13/h2-3,6H,4-5,14H2,1H3. The van der Waals surface area contributed by atoms with Crippen LogP contribution in [0.25, 0.3) is 0 Å². The first-order valence-electron chi connectivity index (χ1n) is 4.75. The second-order valence-corrected chi connectivity index (χ2v) is 6.08. The third-order valence-corrected chi connectivity index (χ3v) is 4.38. The number of hydrogen-bond acceptors (Lipinski definition) is 3. The van der Waals surface area contributed by atoms with E-state index in [1.807, 2.05) is 6.92 Å². The maximum atomic E-state index is 11.9. The summed E-state index contributed by atoms with van der Waals surface area (Å²) < 4.78 is 47.4. The van der Waals surface area contributed by atoms with Gasteiger partial charge in [0.05, 0.1) is 15.7 Å². The molecule has 0 spiro atoms. The third-order valence-electron chi connectivity index (χ3n) is 1.95. The van der Waals surface area contributed by atoms with Crippen molar-refractivity contribution >= 4 is 28.2 Å². The summed E-state index contributed by atoms with van der Waals surface area (Å²) >= 11 is -0.168. The van der Waals surface area contributed by atoms with Crippen LogP contribution in [0.1, 0.15) is 5.56 Å². The molecule has 0 radical (unpaired) electrons. The molecule has 1 aromatic carbocycles. The number of halogens is 3. The fourth-order valence-corrected chi connectivity index (χ4v) is 3.15. The minimum absolute atomic E-state index is 0.0581. The van der Waals surface area contributed by atoms with Crippen molar-refractivity contribution in [3.05, 3.63) is 23.8 Å². The summed E-state index contributed by atoms with van der Waals surface area (Å²) in [5, 5.41) is 0. The highest BCUT2D eigenvalue weighted by Gasteiger charge is 2.27. The van der Waals surface area contributed by atoms with Crippen molar-refractivity contribution in [3.8, 4) is 0 Å². The van der Waals surface area contributed by atoms with Crippen LogP contribution >= 0.6 is 11.8 Å². The lowest BCUT2D eigenvalue weighted by Crippen LogP contribution is -2.08. The molecule has 1 aromatic rings. The van der Waals surface area contributed by atoms with Crippen molar-refractivity contribution in [1.29, 1.82) is 0 Å². The van der Waals surface area contributed by atoms with Gasteiger partial charge >= 0.3 is 5.51 Å². The first-order valence-corrected chi connectivity index (χ1v) is 7.05. The van der Waals surface area contributed by atoms with Crippen molar-refractivity contribution < 1.29 is 17.4 Å². The van der Waals surface area contributed by atoms with Gasteiger partial charge in [-0.05, 0) is 24.6 Å². The molecule has 0 bridgehead atoms. The van der Waals surface area contributed by atoms with E-state index in [9.17, 15) is 17.4 Å². The Bertz CT molecular complexity index is 421. The molecule has 0 aliphatic heterocycles. The second-order valence-electron chi connectivity index (χ2n) is 3.39. The van der Waals surface area contributed by atoms with Crippen LogP contribution in [0.3, 0.4) is 0 Å². The van der Waals surface area contributed by atoms with E-state index < -0.39 is 16.3 Å². The molecule has 17 heavy (non-hydrogen) atoms. The van der Waals surface area contributed by atoms with E-state index in [1.165, 1.54) is 0 Å². The van der Waals surface area contributed by atoms with E-state index in [-0.39, 0.29) is 23.3 Å². The van der Waals surface area contributed by atoms with E-state index in [0.29, 0.717) is 10.6 Å². The van der Waals surface area contributed by atoms with E-state index in [2.05, 4.69) is 0 Å².